The van der Waals surface area contributed by atoms with Crippen molar-refractivity contribution in [2.24, 2.45) is 0 Å². The Kier molecular flexibility index (Phi) is 3.38. The molecule has 0 bridgehead atoms. The summed E-state index contributed by atoms with van der Waals surface area (Å²) in [5.41, 5.74) is 6.05. The van der Waals surface area contributed by atoms with Gasteiger partial charge in [-0.05, 0) is 13.8 Å². The molecule has 4 N–H and O–H groups in total. The number of rotatable bonds is 2. The van der Waals surface area contributed by atoms with Crippen LogP contribution in [-0.4, -0.2) is 14.5 Å². The van der Waals surface area contributed by atoms with Crippen molar-refractivity contribution in [3.8, 4) is 23.3 Å². The van der Waals surface area contributed by atoms with E-state index in [0.717, 1.165) is 0 Å². The minimum absolute atomic E-state index is 0.00703. The van der Waals surface area contributed by atoms with Crippen molar-refractivity contribution in [3.63, 3.8) is 0 Å². The Bertz CT molecular complexity index is 861. The highest BCUT2D eigenvalue weighted by Crippen LogP contribution is 2.30. The van der Waals surface area contributed by atoms with Crippen molar-refractivity contribution in [1.82, 2.24) is 14.5 Å². The van der Waals surface area contributed by atoms with E-state index in [1.165, 1.54) is 0 Å². The Hall–Kier alpha value is -3.26. The Morgan fingerprint density at radius 2 is 1.95 bits per heavy atom. The molecular formula is C13H13N7O. The number of pyridine rings is 1. The normalized spacial score (nSPS) is 10.1. The molecule has 0 aliphatic heterocycles. The summed E-state index contributed by atoms with van der Waals surface area (Å²) < 4.78 is 2.26. The van der Waals surface area contributed by atoms with Gasteiger partial charge < -0.3 is 11.6 Å². The summed E-state index contributed by atoms with van der Waals surface area (Å²) in [6.07, 6.45) is 1.67. The van der Waals surface area contributed by atoms with Crippen LogP contribution < -0.4 is 17.1 Å². The molecule has 2 aromatic rings. The Morgan fingerprint density at radius 3 is 2.43 bits per heavy atom. The van der Waals surface area contributed by atoms with E-state index in [1.54, 1.807) is 23.9 Å². The second-order valence-electron chi connectivity index (χ2n) is 4.39. The van der Waals surface area contributed by atoms with Crippen LogP contribution in [0.2, 0.25) is 0 Å². The first kappa shape index (κ1) is 14.2. The molecule has 0 radical (unpaired) electrons. The average molecular weight is 283 g/mol. The first-order valence-corrected chi connectivity index (χ1v) is 6.14. The van der Waals surface area contributed by atoms with E-state index in [-0.39, 0.29) is 22.5 Å². The second kappa shape index (κ2) is 5.02. The lowest BCUT2D eigenvalue weighted by Gasteiger charge is -2.11. The number of anilines is 1. The van der Waals surface area contributed by atoms with E-state index in [9.17, 15) is 15.3 Å². The van der Waals surface area contributed by atoms with Gasteiger partial charge in [-0.25, -0.2) is 4.68 Å². The summed E-state index contributed by atoms with van der Waals surface area (Å²) >= 11 is 0. The number of nitrogens with two attached hydrogens (primary N) is 2. The largest absolute Gasteiger partial charge is 0.382 e. The van der Waals surface area contributed by atoms with E-state index in [2.05, 4.69) is 5.10 Å². The minimum Gasteiger partial charge on any atom is -0.382 e. The predicted octanol–water partition coefficient (Wildman–Crippen LogP) is 0.0795. The number of aromatic nitrogens is 3. The van der Waals surface area contributed by atoms with Crippen molar-refractivity contribution in [2.45, 2.75) is 20.4 Å². The Labute approximate surface area is 120 Å². The standard InChI is InChI=1S/C13H13N7O/c1-3-19-6-10(7(2)18-19)11-8(4-14)12(16)20(17)13(21)9(11)5-15/h6H,3,16-17H2,1-2H3. The third-order valence-corrected chi connectivity index (χ3v) is 3.21. The molecule has 8 heteroatoms. The van der Waals surface area contributed by atoms with Gasteiger partial charge >= 0.3 is 0 Å². The Balaban J connectivity index is 2.98. The van der Waals surface area contributed by atoms with E-state index in [1.807, 2.05) is 13.0 Å². The summed E-state index contributed by atoms with van der Waals surface area (Å²) in [6.45, 7) is 4.25. The third-order valence-electron chi connectivity index (χ3n) is 3.21. The van der Waals surface area contributed by atoms with Gasteiger partial charge in [-0.15, -0.1) is 0 Å². The molecule has 8 nitrogen and oxygen atoms in total. The van der Waals surface area contributed by atoms with Crippen LogP contribution in [0.5, 0.6) is 0 Å². The van der Waals surface area contributed by atoms with Gasteiger partial charge in [0.15, 0.2) is 0 Å². The summed E-state index contributed by atoms with van der Waals surface area (Å²) in [7, 11) is 0. The number of hydrogen-bond acceptors (Lipinski definition) is 6. The average Bonchev–Trinajstić information content (AvgIpc) is 2.85. The first-order valence-electron chi connectivity index (χ1n) is 6.14. The van der Waals surface area contributed by atoms with Crippen molar-refractivity contribution in [1.29, 1.82) is 10.5 Å². The maximum absolute atomic E-state index is 12.1. The van der Waals surface area contributed by atoms with Crippen LogP contribution in [0.25, 0.3) is 11.1 Å². The molecular weight excluding hydrogens is 270 g/mol. The van der Waals surface area contributed by atoms with Crippen molar-refractivity contribution >= 4 is 5.82 Å². The zero-order valence-corrected chi connectivity index (χ0v) is 11.6. The van der Waals surface area contributed by atoms with Gasteiger partial charge in [0.2, 0.25) is 0 Å². The number of aryl methyl sites for hydroxylation is 2. The van der Waals surface area contributed by atoms with Crippen LogP contribution >= 0.6 is 0 Å². The lowest BCUT2D eigenvalue weighted by atomic mass is 9.97. The third kappa shape index (κ3) is 1.99. The molecule has 0 atom stereocenters. The smallest absolute Gasteiger partial charge is 0.289 e. The molecule has 0 saturated heterocycles. The maximum atomic E-state index is 12.1. The molecule has 0 aromatic carbocycles. The molecule has 0 aliphatic rings. The zero-order valence-electron chi connectivity index (χ0n) is 11.6. The summed E-state index contributed by atoms with van der Waals surface area (Å²) in [5.74, 6) is 5.33. The highest BCUT2D eigenvalue weighted by Gasteiger charge is 2.23. The predicted molar refractivity (Wildman–Crippen MR) is 76.3 cm³/mol. The fraction of sp³-hybridized carbons (Fsp3) is 0.231. The van der Waals surface area contributed by atoms with Crippen molar-refractivity contribution in [3.05, 3.63) is 33.4 Å². The van der Waals surface area contributed by atoms with Crippen LogP contribution in [0, 0.1) is 29.6 Å². The van der Waals surface area contributed by atoms with Crippen LogP contribution in [0.4, 0.5) is 5.82 Å². The highest BCUT2D eigenvalue weighted by molar-refractivity contribution is 5.81. The number of nitrogens with zero attached hydrogens (tertiary/aromatic N) is 5. The van der Waals surface area contributed by atoms with E-state index >= 15 is 0 Å². The molecule has 2 rings (SSSR count). The molecule has 0 unspecified atom stereocenters. The van der Waals surface area contributed by atoms with E-state index in [4.69, 9.17) is 11.6 Å². The van der Waals surface area contributed by atoms with Gasteiger partial charge in [0, 0.05) is 23.9 Å². The van der Waals surface area contributed by atoms with Gasteiger partial charge in [-0.2, -0.15) is 15.6 Å². The second-order valence-corrected chi connectivity index (χ2v) is 4.39. The molecule has 2 heterocycles. The highest BCUT2D eigenvalue weighted by atomic mass is 16.1. The number of nitriles is 2. The molecule has 0 saturated carbocycles. The zero-order chi connectivity index (χ0) is 15.7. The van der Waals surface area contributed by atoms with Gasteiger partial charge in [-0.3, -0.25) is 9.48 Å². The minimum atomic E-state index is -0.743. The molecule has 21 heavy (non-hydrogen) atoms. The monoisotopic (exact) mass is 283 g/mol. The molecule has 0 spiro atoms. The van der Waals surface area contributed by atoms with Crippen LogP contribution in [-0.2, 0) is 6.54 Å². The fourth-order valence-electron chi connectivity index (χ4n) is 2.12. The van der Waals surface area contributed by atoms with Crippen molar-refractivity contribution < 1.29 is 0 Å². The number of hydrogen-bond donors (Lipinski definition) is 2. The van der Waals surface area contributed by atoms with Gasteiger partial charge in [0.25, 0.3) is 5.56 Å². The van der Waals surface area contributed by atoms with Crippen LogP contribution in [0.3, 0.4) is 0 Å². The maximum Gasteiger partial charge on any atom is 0.289 e. The first-order chi connectivity index (χ1) is 9.96. The molecule has 0 aliphatic carbocycles. The lowest BCUT2D eigenvalue weighted by molar-refractivity contribution is 0.653. The molecule has 0 amide bonds. The van der Waals surface area contributed by atoms with Crippen LogP contribution in [0.1, 0.15) is 23.7 Å². The molecule has 0 fully saturated rings. The quantitative estimate of drug-likeness (QED) is 0.748. The summed E-state index contributed by atoms with van der Waals surface area (Å²) in [4.78, 5) is 12.1. The van der Waals surface area contributed by atoms with Crippen molar-refractivity contribution in [2.75, 3.05) is 11.6 Å². The SMILES string of the molecule is CCn1cc(-c2c(C#N)c(N)n(N)c(=O)c2C#N)c(C)n1. The Morgan fingerprint density at radius 1 is 1.33 bits per heavy atom. The van der Waals surface area contributed by atoms with Gasteiger partial charge in [0.1, 0.15) is 29.1 Å². The van der Waals surface area contributed by atoms with E-state index < -0.39 is 5.56 Å². The fourth-order valence-corrected chi connectivity index (χ4v) is 2.12. The molecule has 106 valence electrons. The summed E-state index contributed by atoms with van der Waals surface area (Å²) in [5, 5.41) is 22.8. The topological polar surface area (TPSA) is 139 Å². The summed E-state index contributed by atoms with van der Waals surface area (Å²) in [6, 6.07) is 3.71. The van der Waals surface area contributed by atoms with Gasteiger partial charge in [0.05, 0.1) is 5.69 Å². The van der Waals surface area contributed by atoms with Crippen LogP contribution in [0.15, 0.2) is 11.0 Å². The lowest BCUT2D eigenvalue weighted by Crippen LogP contribution is -2.33. The molecule has 2 aromatic heterocycles. The van der Waals surface area contributed by atoms with E-state index in [0.29, 0.717) is 22.5 Å². The number of nitrogen functional groups attached to an aromatic ring is 2. The van der Waals surface area contributed by atoms with Gasteiger partial charge in [-0.1, -0.05) is 0 Å².